The van der Waals surface area contributed by atoms with Crippen molar-refractivity contribution >= 4 is 17.4 Å². The zero-order valence-electron chi connectivity index (χ0n) is 12.9. The Hall–Kier alpha value is -1.75. The van der Waals surface area contributed by atoms with Crippen LogP contribution in [0, 0.1) is 5.92 Å². The van der Waals surface area contributed by atoms with Crippen LogP contribution in [-0.4, -0.2) is 37.4 Å². The number of nitrogens with one attached hydrogen (secondary N) is 2. The van der Waals surface area contributed by atoms with E-state index < -0.39 is 5.60 Å². The van der Waals surface area contributed by atoms with Crippen LogP contribution in [0.15, 0.2) is 24.3 Å². The fourth-order valence-electron chi connectivity index (χ4n) is 1.60. The number of carbonyl (C=O) groups is 1. The van der Waals surface area contributed by atoms with E-state index in [2.05, 4.69) is 10.6 Å². The highest BCUT2D eigenvalue weighted by atomic mass is 16.3. The second kappa shape index (κ2) is 6.61. The number of amides is 2. The number of benzene rings is 1. The van der Waals surface area contributed by atoms with Gasteiger partial charge in [0.1, 0.15) is 0 Å². The van der Waals surface area contributed by atoms with E-state index in [4.69, 9.17) is 0 Å². The van der Waals surface area contributed by atoms with E-state index in [9.17, 15) is 9.90 Å². The zero-order chi connectivity index (χ0) is 15.3. The minimum Gasteiger partial charge on any atom is -0.388 e. The molecule has 1 atom stereocenters. The molecule has 2 amide bonds. The van der Waals surface area contributed by atoms with Crippen molar-refractivity contribution in [2.45, 2.75) is 26.4 Å². The maximum atomic E-state index is 11.9. The zero-order valence-corrected chi connectivity index (χ0v) is 12.9. The molecular formula is C15H25N3O2. The summed E-state index contributed by atoms with van der Waals surface area (Å²) in [5.41, 5.74) is 0.746. The normalized spacial score (nSPS) is 13.8. The molecule has 0 aromatic heterocycles. The van der Waals surface area contributed by atoms with Gasteiger partial charge in [0.05, 0.1) is 17.0 Å². The molecule has 1 rings (SSSR count). The summed E-state index contributed by atoms with van der Waals surface area (Å²) in [6.07, 6.45) is 0. The van der Waals surface area contributed by atoms with Crippen LogP contribution in [0.4, 0.5) is 16.2 Å². The molecule has 1 aromatic rings. The van der Waals surface area contributed by atoms with Gasteiger partial charge in [0.2, 0.25) is 0 Å². The van der Waals surface area contributed by atoms with Crippen molar-refractivity contribution in [1.82, 2.24) is 5.32 Å². The SMILES string of the molecule is CC(C)C(C)(O)CNC(=O)Nc1ccccc1N(C)C. The van der Waals surface area contributed by atoms with E-state index in [1.54, 1.807) is 6.92 Å². The van der Waals surface area contributed by atoms with Crippen LogP contribution in [0.1, 0.15) is 20.8 Å². The minimum atomic E-state index is -0.918. The van der Waals surface area contributed by atoms with Gasteiger partial charge in [-0.1, -0.05) is 26.0 Å². The molecule has 0 aliphatic heterocycles. The third kappa shape index (κ3) is 4.42. The molecule has 5 heteroatoms. The Bertz CT molecular complexity index is 456. The summed E-state index contributed by atoms with van der Waals surface area (Å²) >= 11 is 0. The summed E-state index contributed by atoms with van der Waals surface area (Å²) < 4.78 is 0. The first kappa shape index (κ1) is 16.3. The van der Waals surface area contributed by atoms with Crippen molar-refractivity contribution in [2.75, 3.05) is 30.9 Å². The lowest BCUT2D eigenvalue weighted by Gasteiger charge is -2.28. The third-order valence-electron chi connectivity index (χ3n) is 3.48. The molecule has 0 saturated heterocycles. The molecule has 3 N–H and O–H groups in total. The van der Waals surface area contributed by atoms with Gasteiger partial charge in [-0.2, -0.15) is 0 Å². The smallest absolute Gasteiger partial charge is 0.319 e. The van der Waals surface area contributed by atoms with Gasteiger partial charge in [-0.3, -0.25) is 0 Å². The van der Waals surface area contributed by atoms with Crippen molar-refractivity contribution in [3.05, 3.63) is 24.3 Å². The lowest BCUT2D eigenvalue weighted by Crippen LogP contribution is -2.45. The van der Waals surface area contributed by atoms with Crippen molar-refractivity contribution < 1.29 is 9.90 Å². The van der Waals surface area contributed by atoms with Gasteiger partial charge in [0.25, 0.3) is 0 Å². The molecule has 1 unspecified atom stereocenters. The number of aliphatic hydroxyl groups is 1. The van der Waals surface area contributed by atoms with Crippen LogP contribution in [0.25, 0.3) is 0 Å². The molecule has 0 radical (unpaired) electrons. The second-order valence-corrected chi connectivity index (χ2v) is 5.73. The molecule has 0 saturated carbocycles. The first-order chi connectivity index (χ1) is 9.24. The fraction of sp³-hybridized carbons (Fsp3) is 0.533. The molecule has 5 nitrogen and oxygen atoms in total. The van der Waals surface area contributed by atoms with Gasteiger partial charge in [-0.15, -0.1) is 0 Å². The molecule has 0 heterocycles. The molecular weight excluding hydrogens is 254 g/mol. The summed E-state index contributed by atoms with van der Waals surface area (Å²) in [5, 5.41) is 15.6. The number of carbonyl (C=O) groups excluding carboxylic acids is 1. The summed E-state index contributed by atoms with van der Waals surface area (Å²) in [5.74, 6) is 0.0665. The van der Waals surface area contributed by atoms with Gasteiger partial charge in [-0.05, 0) is 25.0 Å². The Morgan fingerprint density at radius 2 is 1.95 bits per heavy atom. The molecule has 112 valence electrons. The first-order valence-electron chi connectivity index (χ1n) is 6.77. The van der Waals surface area contributed by atoms with E-state index in [1.807, 2.05) is 57.1 Å². The van der Waals surface area contributed by atoms with Gasteiger partial charge in [0.15, 0.2) is 0 Å². The van der Waals surface area contributed by atoms with E-state index in [-0.39, 0.29) is 18.5 Å². The van der Waals surface area contributed by atoms with Gasteiger partial charge >= 0.3 is 6.03 Å². The Morgan fingerprint density at radius 3 is 2.50 bits per heavy atom. The number of para-hydroxylation sites is 2. The largest absolute Gasteiger partial charge is 0.388 e. The van der Waals surface area contributed by atoms with E-state index in [1.165, 1.54) is 0 Å². The molecule has 0 aliphatic carbocycles. The summed E-state index contributed by atoms with van der Waals surface area (Å²) in [6, 6.07) is 7.24. The minimum absolute atomic E-state index is 0.0665. The lowest BCUT2D eigenvalue weighted by molar-refractivity contribution is 0.0170. The molecule has 0 bridgehead atoms. The molecule has 0 fully saturated rings. The van der Waals surface area contributed by atoms with Crippen LogP contribution in [-0.2, 0) is 0 Å². The van der Waals surface area contributed by atoms with Crippen LogP contribution >= 0.6 is 0 Å². The fourth-order valence-corrected chi connectivity index (χ4v) is 1.60. The van der Waals surface area contributed by atoms with Crippen LogP contribution in [0.5, 0.6) is 0 Å². The van der Waals surface area contributed by atoms with Gasteiger partial charge in [0, 0.05) is 20.6 Å². The molecule has 1 aromatic carbocycles. The predicted molar refractivity (Wildman–Crippen MR) is 83.3 cm³/mol. The highest BCUT2D eigenvalue weighted by Gasteiger charge is 2.25. The highest BCUT2D eigenvalue weighted by molar-refractivity contribution is 5.93. The standard InChI is InChI=1S/C15H25N3O2/c1-11(2)15(3,20)10-16-14(19)17-12-8-6-7-9-13(12)18(4)5/h6-9,11,20H,10H2,1-5H3,(H2,16,17,19). The van der Waals surface area contributed by atoms with Gasteiger partial charge in [-0.25, -0.2) is 4.79 Å². The predicted octanol–water partition coefficient (Wildman–Crippen LogP) is 2.28. The first-order valence-corrected chi connectivity index (χ1v) is 6.77. The highest BCUT2D eigenvalue weighted by Crippen LogP contribution is 2.23. The quantitative estimate of drug-likeness (QED) is 0.775. The number of hydrogen-bond donors (Lipinski definition) is 3. The van der Waals surface area contributed by atoms with E-state index in [0.29, 0.717) is 0 Å². The Balaban J connectivity index is 2.64. The second-order valence-electron chi connectivity index (χ2n) is 5.73. The van der Waals surface area contributed by atoms with Crippen LogP contribution in [0.2, 0.25) is 0 Å². The average Bonchev–Trinajstić information content (AvgIpc) is 2.36. The van der Waals surface area contributed by atoms with Crippen molar-refractivity contribution in [3.63, 3.8) is 0 Å². The number of anilines is 2. The molecule has 0 spiro atoms. The van der Waals surface area contributed by atoms with Crippen molar-refractivity contribution in [3.8, 4) is 0 Å². The Labute approximate surface area is 121 Å². The molecule has 20 heavy (non-hydrogen) atoms. The Morgan fingerprint density at radius 1 is 1.35 bits per heavy atom. The van der Waals surface area contributed by atoms with Crippen molar-refractivity contribution in [1.29, 1.82) is 0 Å². The van der Waals surface area contributed by atoms with Gasteiger partial charge < -0.3 is 20.6 Å². The van der Waals surface area contributed by atoms with Crippen molar-refractivity contribution in [2.24, 2.45) is 5.92 Å². The number of rotatable bonds is 5. The topological polar surface area (TPSA) is 64.6 Å². The third-order valence-corrected chi connectivity index (χ3v) is 3.48. The van der Waals surface area contributed by atoms with E-state index in [0.717, 1.165) is 11.4 Å². The molecule has 0 aliphatic rings. The summed E-state index contributed by atoms with van der Waals surface area (Å²) in [6.45, 7) is 5.76. The number of urea groups is 1. The summed E-state index contributed by atoms with van der Waals surface area (Å²) in [4.78, 5) is 13.8. The maximum Gasteiger partial charge on any atom is 0.319 e. The number of hydrogen-bond acceptors (Lipinski definition) is 3. The maximum absolute atomic E-state index is 11.9. The monoisotopic (exact) mass is 279 g/mol. The Kier molecular flexibility index (Phi) is 5.39. The average molecular weight is 279 g/mol. The lowest BCUT2D eigenvalue weighted by atomic mass is 9.93. The number of nitrogens with zero attached hydrogens (tertiary/aromatic N) is 1. The summed E-state index contributed by atoms with van der Waals surface area (Å²) in [7, 11) is 3.84. The van der Waals surface area contributed by atoms with Crippen LogP contribution < -0.4 is 15.5 Å². The van der Waals surface area contributed by atoms with E-state index >= 15 is 0 Å². The van der Waals surface area contributed by atoms with Crippen LogP contribution in [0.3, 0.4) is 0 Å².